The second-order valence-electron chi connectivity index (χ2n) is 6.90. The minimum Gasteiger partial charge on any atom is -0.330 e. The van der Waals surface area contributed by atoms with Gasteiger partial charge in [-0.05, 0) is 33.9 Å². The highest BCUT2D eigenvalue weighted by molar-refractivity contribution is 6.01. The molecule has 0 bridgehead atoms. The number of nitrogens with zero attached hydrogens (tertiary/aromatic N) is 2. The minimum atomic E-state index is -0.532. The summed E-state index contributed by atoms with van der Waals surface area (Å²) >= 11 is 0. The molecule has 0 unspecified atom stereocenters. The number of nitrogens with one attached hydrogen (secondary N) is 1. The summed E-state index contributed by atoms with van der Waals surface area (Å²) in [5.74, 6) is -0.753. The van der Waals surface area contributed by atoms with Crippen molar-refractivity contribution in [2.75, 3.05) is 20.6 Å². The molecule has 21 heavy (non-hydrogen) atoms. The Kier molecular flexibility index (Phi) is 5.50. The molecule has 120 valence electrons. The Morgan fingerprint density at radius 3 is 2.29 bits per heavy atom. The number of imide groups is 1. The van der Waals surface area contributed by atoms with Gasteiger partial charge in [-0.15, -0.1) is 0 Å². The third kappa shape index (κ3) is 4.27. The molecule has 6 nitrogen and oxygen atoms in total. The molecule has 0 aromatic rings. The monoisotopic (exact) mass is 297 g/mol. The number of amides is 3. The Morgan fingerprint density at radius 2 is 1.81 bits per heavy atom. The molecular formula is C15H27N3O3. The highest BCUT2D eigenvalue weighted by atomic mass is 16.2. The lowest BCUT2D eigenvalue weighted by molar-refractivity contribution is -0.146. The topological polar surface area (TPSA) is 69.7 Å². The molecule has 1 heterocycles. The number of carbonyl (C=O) groups excluding carboxylic acids is 3. The van der Waals surface area contributed by atoms with Crippen molar-refractivity contribution in [3.05, 3.63) is 0 Å². The van der Waals surface area contributed by atoms with Crippen molar-refractivity contribution in [2.45, 2.75) is 52.6 Å². The third-order valence-electron chi connectivity index (χ3n) is 3.86. The van der Waals surface area contributed by atoms with Gasteiger partial charge in [0.2, 0.25) is 17.7 Å². The quantitative estimate of drug-likeness (QED) is 0.829. The van der Waals surface area contributed by atoms with E-state index in [1.807, 2.05) is 20.8 Å². The van der Waals surface area contributed by atoms with Crippen molar-refractivity contribution >= 4 is 17.7 Å². The molecule has 0 aromatic heterocycles. The molecule has 1 aliphatic rings. The average molecular weight is 297 g/mol. The number of likely N-dealkylation sites (N-methyl/N-ethyl adjacent to an activating group) is 1. The first kappa shape index (κ1) is 17.6. The molecule has 0 spiro atoms. The van der Waals surface area contributed by atoms with Gasteiger partial charge in [-0.25, -0.2) is 0 Å². The number of carbonyl (C=O) groups is 3. The van der Waals surface area contributed by atoms with Crippen molar-refractivity contribution < 1.29 is 14.4 Å². The summed E-state index contributed by atoms with van der Waals surface area (Å²) in [5.41, 5.74) is -0.524. The molecule has 0 aromatic carbocycles. The number of rotatable bonds is 3. The predicted molar refractivity (Wildman–Crippen MR) is 80.5 cm³/mol. The van der Waals surface area contributed by atoms with E-state index in [4.69, 9.17) is 0 Å². The highest BCUT2D eigenvalue weighted by Gasteiger charge is 2.39. The van der Waals surface area contributed by atoms with Crippen LogP contribution in [0.15, 0.2) is 0 Å². The Balaban J connectivity index is 2.73. The maximum atomic E-state index is 12.4. The van der Waals surface area contributed by atoms with Gasteiger partial charge < -0.3 is 4.90 Å². The Hall–Kier alpha value is -1.43. The zero-order valence-corrected chi connectivity index (χ0v) is 13.9. The molecule has 1 rings (SSSR count). The third-order valence-corrected chi connectivity index (χ3v) is 3.86. The van der Waals surface area contributed by atoms with E-state index >= 15 is 0 Å². The predicted octanol–water partition coefficient (Wildman–Crippen LogP) is 0.616. The molecule has 2 atom stereocenters. The first-order valence-corrected chi connectivity index (χ1v) is 7.38. The van der Waals surface area contributed by atoms with Crippen LogP contribution in [0.2, 0.25) is 0 Å². The van der Waals surface area contributed by atoms with Gasteiger partial charge in [0.05, 0.1) is 6.04 Å². The first-order chi connectivity index (χ1) is 9.55. The van der Waals surface area contributed by atoms with E-state index in [-0.39, 0.29) is 23.8 Å². The lowest BCUT2D eigenvalue weighted by Gasteiger charge is -2.30. The molecule has 0 aliphatic carbocycles. The summed E-state index contributed by atoms with van der Waals surface area (Å²) in [6, 6.07) is -0.919. The summed E-state index contributed by atoms with van der Waals surface area (Å²) in [7, 11) is 3.56. The second-order valence-corrected chi connectivity index (χ2v) is 6.90. The fraction of sp³-hybridized carbons (Fsp3) is 0.800. The first-order valence-electron chi connectivity index (χ1n) is 7.38. The fourth-order valence-electron chi connectivity index (χ4n) is 2.26. The largest absolute Gasteiger partial charge is 0.330 e. The van der Waals surface area contributed by atoms with Crippen molar-refractivity contribution in [1.29, 1.82) is 0 Å². The van der Waals surface area contributed by atoms with Gasteiger partial charge in [0.25, 0.3) is 0 Å². The summed E-state index contributed by atoms with van der Waals surface area (Å²) in [6.07, 6.45) is 1.40. The van der Waals surface area contributed by atoms with Crippen LogP contribution in [-0.4, -0.2) is 60.2 Å². The maximum absolute atomic E-state index is 12.4. The molecule has 1 N–H and O–H groups in total. The highest BCUT2D eigenvalue weighted by Crippen LogP contribution is 2.25. The van der Waals surface area contributed by atoms with Gasteiger partial charge in [0, 0.05) is 12.0 Å². The number of hydrogen-bond acceptors (Lipinski definition) is 4. The van der Waals surface area contributed by atoms with E-state index < -0.39 is 11.5 Å². The van der Waals surface area contributed by atoms with Crippen LogP contribution >= 0.6 is 0 Å². The van der Waals surface area contributed by atoms with Crippen LogP contribution in [0.1, 0.15) is 40.5 Å². The van der Waals surface area contributed by atoms with Crippen LogP contribution in [0.3, 0.4) is 0 Å². The van der Waals surface area contributed by atoms with Gasteiger partial charge in [-0.2, -0.15) is 0 Å². The summed E-state index contributed by atoms with van der Waals surface area (Å²) in [5, 5.41) is 2.43. The van der Waals surface area contributed by atoms with Crippen molar-refractivity contribution in [1.82, 2.24) is 15.1 Å². The van der Waals surface area contributed by atoms with Crippen molar-refractivity contribution in [3.8, 4) is 0 Å². The second kappa shape index (κ2) is 6.56. The van der Waals surface area contributed by atoms with Crippen LogP contribution in [0.4, 0.5) is 0 Å². The SMILES string of the molecule is C[C@H](C(=O)NC(=O)[C@@H]1CCCN1C(=O)C(C)(C)C)N(C)C. The van der Waals surface area contributed by atoms with Crippen molar-refractivity contribution in [3.63, 3.8) is 0 Å². The summed E-state index contributed by atoms with van der Waals surface area (Å²) in [4.78, 5) is 39.9. The van der Waals surface area contributed by atoms with Crippen molar-refractivity contribution in [2.24, 2.45) is 5.41 Å². The number of likely N-dealkylation sites (tertiary alicyclic amines) is 1. The molecule has 1 saturated heterocycles. The van der Waals surface area contributed by atoms with Crippen LogP contribution in [0.25, 0.3) is 0 Å². The summed E-state index contributed by atoms with van der Waals surface area (Å²) in [6.45, 7) is 7.81. The summed E-state index contributed by atoms with van der Waals surface area (Å²) < 4.78 is 0. The van der Waals surface area contributed by atoms with Gasteiger partial charge in [-0.1, -0.05) is 20.8 Å². The van der Waals surface area contributed by atoms with E-state index in [9.17, 15) is 14.4 Å². The minimum absolute atomic E-state index is 0.0479. The molecule has 0 radical (unpaired) electrons. The Bertz CT molecular complexity index is 426. The smallest absolute Gasteiger partial charge is 0.249 e. The van der Waals surface area contributed by atoms with Crippen LogP contribution in [-0.2, 0) is 14.4 Å². The van der Waals surface area contributed by atoms with E-state index in [2.05, 4.69) is 5.32 Å². The Labute approximate surface area is 126 Å². The standard InChI is InChI=1S/C15H27N3O3/c1-10(17(5)6)12(19)16-13(20)11-8-7-9-18(11)14(21)15(2,3)4/h10-11H,7-9H2,1-6H3,(H,16,19,20)/t10-,11+/m1/s1. The molecule has 0 saturated carbocycles. The van der Waals surface area contributed by atoms with Gasteiger partial charge in [0.15, 0.2) is 0 Å². The molecular weight excluding hydrogens is 270 g/mol. The maximum Gasteiger partial charge on any atom is 0.249 e. The van der Waals surface area contributed by atoms with Gasteiger partial charge >= 0.3 is 0 Å². The van der Waals surface area contributed by atoms with E-state index in [1.54, 1.807) is 30.8 Å². The van der Waals surface area contributed by atoms with Crippen LogP contribution < -0.4 is 5.32 Å². The fourth-order valence-corrected chi connectivity index (χ4v) is 2.26. The van der Waals surface area contributed by atoms with E-state index in [0.717, 1.165) is 6.42 Å². The molecule has 1 fully saturated rings. The van der Waals surface area contributed by atoms with E-state index in [1.165, 1.54) is 0 Å². The lowest BCUT2D eigenvalue weighted by Crippen LogP contribution is -2.53. The molecule has 3 amide bonds. The lowest BCUT2D eigenvalue weighted by atomic mass is 9.94. The van der Waals surface area contributed by atoms with Crippen LogP contribution in [0.5, 0.6) is 0 Å². The zero-order chi connectivity index (χ0) is 16.4. The normalized spacial score (nSPS) is 20.5. The molecule has 6 heteroatoms. The van der Waals surface area contributed by atoms with Gasteiger partial charge in [-0.3, -0.25) is 24.6 Å². The van der Waals surface area contributed by atoms with Crippen LogP contribution in [0, 0.1) is 5.41 Å². The number of hydrogen-bond donors (Lipinski definition) is 1. The zero-order valence-electron chi connectivity index (χ0n) is 13.9. The van der Waals surface area contributed by atoms with Gasteiger partial charge in [0.1, 0.15) is 6.04 Å². The molecule has 1 aliphatic heterocycles. The average Bonchev–Trinajstić information content (AvgIpc) is 2.84. The van der Waals surface area contributed by atoms with E-state index in [0.29, 0.717) is 13.0 Å². The Morgan fingerprint density at radius 1 is 1.24 bits per heavy atom.